The first-order valence-corrected chi connectivity index (χ1v) is 6.66. The molecule has 6 heteroatoms. The summed E-state index contributed by atoms with van der Waals surface area (Å²) in [5.41, 5.74) is 1.61. The number of amides is 1. The Morgan fingerprint density at radius 2 is 2.20 bits per heavy atom. The van der Waals surface area contributed by atoms with Crippen molar-refractivity contribution in [1.29, 1.82) is 0 Å². The SMILES string of the molecule is O=C(O)/C=C/c1cc(Cl)ccc1N1CCNC(=O)CC1. The highest BCUT2D eigenvalue weighted by Crippen LogP contribution is 2.26. The molecule has 1 aliphatic rings. The number of hydrogen-bond acceptors (Lipinski definition) is 3. The summed E-state index contributed by atoms with van der Waals surface area (Å²) in [5, 5.41) is 12.1. The van der Waals surface area contributed by atoms with Gasteiger partial charge in [0, 0.05) is 42.8 Å². The number of carbonyl (C=O) groups is 2. The number of aliphatic carboxylic acids is 1. The lowest BCUT2D eigenvalue weighted by atomic mass is 10.1. The van der Waals surface area contributed by atoms with Crippen molar-refractivity contribution in [3.63, 3.8) is 0 Å². The van der Waals surface area contributed by atoms with E-state index in [9.17, 15) is 9.59 Å². The number of nitrogens with zero attached hydrogens (tertiary/aromatic N) is 1. The van der Waals surface area contributed by atoms with Crippen LogP contribution >= 0.6 is 11.6 Å². The van der Waals surface area contributed by atoms with Crippen LogP contribution in [0.4, 0.5) is 5.69 Å². The topological polar surface area (TPSA) is 69.6 Å². The third-order valence-electron chi connectivity index (χ3n) is 3.05. The molecule has 1 aromatic carbocycles. The van der Waals surface area contributed by atoms with Gasteiger partial charge in [0.25, 0.3) is 0 Å². The molecule has 2 rings (SSSR count). The quantitative estimate of drug-likeness (QED) is 0.834. The summed E-state index contributed by atoms with van der Waals surface area (Å²) < 4.78 is 0. The highest BCUT2D eigenvalue weighted by molar-refractivity contribution is 6.30. The molecule has 0 bridgehead atoms. The Bertz CT molecular complexity index is 557. The van der Waals surface area contributed by atoms with Gasteiger partial charge in [0.1, 0.15) is 0 Å². The molecule has 0 unspecified atom stereocenters. The Morgan fingerprint density at radius 1 is 1.40 bits per heavy atom. The molecule has 0 aromatic heterocycles. The number of carboxylic acids is 1. The van der Waals surface area contributed by atoms with E-state index in [-0.39, 0.29) is 5.91 Å². The molecule has 1 heterocycles. The third kappa shape index (κ3) is 3.74. The van der Waals surface area contributed by atoms with Crippen LogP contribution in [-0.4, -0.2) is 36.6 Å². The summed E-state index contributed by atoms with van der Waals surface area (Å²) in [4.78, 5) is 24.1. The zero-order valence-electron chi connectivity index (χ0n) is 10.8. The van der Waals surface area contributed by atoms with Gasteiger partial charge in [-0.15, -0.1) is 0 Å². The molecule has 5 nitrogen and oxygen atoms in total. The van der Waals surface area contributed by atoms with Gasteiger partial charge in [-0.05, 0) is 29.8 Å². The number of hydrogen-bond donors (Lipinski definition) is 2. The van der Waals surface area contributed by atoms with Crippen molar-refractivity contribution < 1.29 is 14.7 Å². The second kappa shape index (κ2) is 6.43. The Labute approximate surface area is 121 Å². The minimum atomic E-state index is -1.01. The summed E-state index contributed by atoms with van der Waals surface area (Å²) in [7, 11) is 0. The largest absolute Gasteiger partial charge is 0.478 e. The van der Waals surface area contributed by atoms with Crippen molar-refractivity contribution >= 4 is 35.2 Å². The van der Waals surface area contributed by atoms with E-state index in [0.717, 1.165) is 17.3 Å². The normalized spacial score (nSPS) is 16.1. The maximum atomic E-state index is 11.4. The van der Waals surface area contributed by atoms with Crippen LogP contribution in [0, 0.1) is 0 Å². The summed E-state index contributed by atoms with van der Waals surface area (Å²) in [6, 6.07) is 5.32. The average Bonchev–Trinajstić information content (AvgIpc) is 2.61. The average molecular weight is 295 g/mol. The highest BCUT2D eigenvalue weighted by atomic mass is 35.5. The van der Waals surface area contributed by atoms with E-state index in [1.807, 2.05) is 6.07 Å². The van der Waals surface area contributed by atoms with Gasteiger partial charge in [-0.3, -0.25) is 4.79 Å². The van der Waals surface area contributed by atoms with E-state index in [2.05, 4.69) is 10.2 Å². The maximum Gasteiger partial charge on any atom is 0.328 e. The molecule has 1 fully saturated rings. The fraction of sp³-hybridized carbons (Fsp3) is 0.286. The zero-order valence-corrected chi connectivity index (χ0v) is 11.6. The van der Waals surface area contributed by atoms with Crippen LogP contribution in [0.15, 0.2) is 24.3 Å². The number of rotatable bonds is 3. The van der Waals surface area contributed by atoms with Crippen molar-refractivity contribution in [2.75, 3.05) is 24.5 Å². The second-order valence-corrected chi connectivity index (χ2v) is 4.90. The van der Waals surface area contributed by atoms with Crippen LogP contribution in [0.25, 0.3) is 6.08 Å². The third-order valence-corrected chi connectivity index (χ3v) is 3.28. The molecular formula is C14H15ClN2O3. The minimum Gasteiger partial charge on any atom is -0.478 e. The summed E-state index contributed by atoms with van der Waals surface area (Å²) in [5.74, 6) is -0.979. The molecule has 0 saturated carbocycles. The van der Waals surface area contributed by atoms with Gasteiger partial charge in [-0.25, -0.2) is 4.79 Å². The van der Waals surface area contributed by atoms with Crippen LogP contribution in [0.1, 0.15) is 12.0 Å². The molecule has 1 aliphatic heterocycles. The van der Waals surface area contributed by atoms with Crippen molar-refractivity contribution in [3.8, 4) is 0 Å². The fourth-order valence-corrected chi connectivity index (χ4v) is 2.30. The van der Waals surface area contributed by atoms with Crippen LogP contribution in [0.5, 0.6) is 0 Å². The minimum absolute atomic E-state index is 0.0316. The molecule has 0 radical (unpaired) electrons. The smallest absolute Gasteiger partial charge is 0.328 e. The molecule has 1 amide bonds. The van der Waals surface area contributed by atoms with Crippen LogP contribution in [0.2, 0.25) is 5.02 Å². The van der Waals surface area contributed by atoms with Gasteiger partial charge in [0.15, 0.2) is 0 Å². The molecule has 20 heavy (non-hydrogen) atoms. The summed E-state index contributed by atoms with van der Waals surface area (Å²) >= 11 is 5.96. The first-order valence-electron chi connectivity index (χ1n) is 6.28. The monoisotopic (exact) mass is 294 g/mol. The van der Waals surface area contributed by atoms with E-state index in [4.69, 9.17) is 16.7 Å². The Kier molecular flexibility index (Phi) is 4.63. The van der Waals surface area contributed by atoms with E-state index < -0.39 is 5.97 Å². The second-order valence-electron chi connectivity index (χ2n) is 4.46. The van der Waals surface area contributed by atoms with Crippen LogP contribution < -0.4 is 10.2 Å². The number of benzene rings is 1. The first-order chi connectivity index (χ1) is 9.56. The number of carbonyl (C=O) groups excluding carboxylic acids is 1. The molecule has 2 N–H and O–H groups in total. The Hall–Kier alpha value is -2.01. The summed E-state index contributed by atoms with van der Waals surface area (Å²) in [6.45, 7) is 1.85. The van der Waals surface area contributed by atoms with E-state index in [1.54, 1.807) is 12.1 Å². The molecule has 106 valence electrons. The lowest BCUT2D eigenvalue weighted by molar-refractivity contribution is -0.131. The maximum absolute atomic E-state index is 11.4. The van der Waals surface area contributed by atoms with Gasteiger partial charge in [-0.1, -0.05) is 11.6 Å². The van der Waals surface area contributed by atoms with Crippen LogP contribution in [-0.2, 0) is 9.59 Å². The lowest BCUT2D eigenvalue weighted by Gasteiger charge is -2.24. The van der Waals surface area contributed by atoms with E-state index in [0.29, 0.717) is 31.1 Å². The zero-order chi connectivity index (χ0) is 14.5. The molecule has 0 atom stereocenters. The lowest BCUT2D eigenvalue weighted by Crippen LogP contribution is -2.28. The molecule has 0 spiro atoms. The fourth-order valence-electron chi connectivity index (χ4n) is 2.12. The number of nitrogens with one attached hydrogen (secondary N) is 1. The van der Waals surface area contributed by atoms with Crippen molar-refractivity contribution in [1.82, 2.24) is 5.32 Å². The van der Waals surface area contributed by atoms with Crippen LogP contribution in [0.3, 0.4) is 0 Å². The van der Waals surface area contributed by atoms with E-state index in [1.165, 1.54) is 6.08 Å². The van der Waals surface area contributed by atoms with Crippen molar-refractivity contribution in [2.24, 2.45) is 0 Å². The van der Waals surface area contributed by atoms with E-state index >= 15 is 0 Å². The van der Waals surface area contributed by atoms with Gasteiger partial charge in [0.2, 0.25) is 5.91 Å². The predicted molar refractivity (Wildman–Crippen MR) is 78.0 cm³/mol. The van der Waals surface area contributed by atoms with Gasteiger partial charge < -0.3 is 15.3 Å². The molecule has 1 saturated heterocycles. The van der Waals surface area contributed by atoms with Crippen molar-refractivity contribution in [3.05, 3.63) is 34.9 Å². The molecule has 0 aliphatic carbocycles. The number of carboxylic acid groups (broad SMARTS) is 1. The van der Waals surface area contributed by atoms with Crippen molar-refractivity contribution in [2.45, 2.75) is 6.42 Å². The van der Waals surface area contributed by atoms with Gasteiger partial charge in [0.05, 0.1) is 0 Å². The summed E-state index contributed by atoms with van der Waals surface area (Å²) in [6.07, 6.45) is 3.02. The number of halogens is 1. The van der Waals surface area contributed by atoms with Gasteiger partial charge >= 0.3 is 5.97 Å². The highest BCUT2D eigenvalue weighted by Gasteiger charge is 2.16. The standard InChI is InChI=1S/C14H15ClN2O3/c15-11-2-3-12(10(9-11)1-4-14(19)20)17-7-5-13(18)16-6-8-17/h1-4,9H,5-8H2,(H,16,18)(H,19,20)/b4-1+. The Morgan fingerprint density at radius 3 is 2.95 bits per heavy atom. The predicted octanol–water partition coefficient (Wildman–Crippen LogP) is 1.76. The molecule has 1 aromatic rings. The molecular weight excluding hydrogens is 280 g/mol. The van der Waals surface area contributed by atoms with Gasteiger partial charge in [-0.2, -0.15) is 0 Å². The number of anilines is 1. The Balaban J connectivity index is 2.29. The first kappa shape index (κ1) is 14.4.